The number of hydrogen-bond acceptors (Lipinski definition) is 4. The first-order chi connectivity index (χ1) is 13.6. The fourth-order valence-corrected chi connectivity index (χ4v) is 5.74. The number of aromatic nitrogens is 1. The number of nitrogens with zero attached hydrogens (tertiary/aromatic N) is 1. The van der Waals surface area contributed by atoms with E-state index < -0.39 is 15.9 Å². The second-order valence-corrected chi connectivity index (χ2v) is 10.6. The Morgan fingerprint density at radius 3 is 2.45 bits per heavy atom. The summed E-state index contributed by atoms with van der Waals surface area (Å²) < 4.78 is 50.3. The van der Waals surface area contributed by atoms with Crippen LogP contribution in [-0.4, -0.2) is 25.2 Å². The minimum absolute atomic E-state index is 0.0943. The van der Waals surface area contributed by atoms with Gasteiger partial charge in [0.15, 0.2) is 5.03 Å². The van der Waals surface area contributed by atoms with Crippen LogP contribution in [-0.2, 0) is 14.8 Å². The van der Waals surface area contributed by atoms with Crippen LogP contribution in [0.25, 0.3) is 0 Å². The Hall–Kier alpha value is -1.61. The number of sulfonamides is 1. The Labute approximate surface area is 169 Å². The van der Waals surface area contributed by atoms with Crippen LogP contribution in [0.4, 0.5) is 14.5 Å². The topological polar surface area (TPSA) is 102 Å². The van der Waals surface area contributed by atoms with E-state index in [2.05, 4.69) is 10.3 Å². The third-order valence-corrected chi connectivity index (χ3v) is 7.94. The summed E-state index contributed by atoms with van der Waals surface area (Å²) in [5.74, 6) is -2.75. The molecule has 3 N–H and O–H groups in total. The third-order valence-electron chi connectivity index (χ3n) is 7.13. The zero-order valence-corrected chi connectivity index (χ0v) is 17.1. The molecule has 160 valence electrons. The molecule has 3 aliphatic rings. The van der Waals surface area contributed by atoms with Crippen molar-refractivity contribution in [2.24, 2.45) is 28.3 Å². The third kappa shape index (κ3) is 4.60. The van der Waals surface area contributed by atoms with Gasteiger partial charge < -0.3 is 5.32 Å². The summed E-state index contributed by atoms with van der Waals surface area (Å²) in [7, 11) is -3.97. The molecular weight excluding hydrogens is 400 g/mol. The van der Waals surface area contributed by atoms with Crippen LogP contribution in [0.2, 0.25) is 0 Å². The molecule has 3 fully saturated rings. The number of hydrogen-bond donors (Lipinski definition) is 2. The molecule has 0 aromatic carbocycles. The minimum Gasteiger partial charge on any atom is -0.326 e. The van der Waals surface area contributed by atoms with E-state index in [0.717, 1.165) is 32.1 Å². The predicted molar refractivity (Wildman–Crippen MR) is 104 cm³/mol. The van der Waals surface area contributed by atoms with Crippen molar-refractivity contribution in [1.82, 2.24) is 4.98 Å². The molecule has 4 rings (SSSR count). The van der Waals surface area contributed by atoms with Crippen LogP contribution in [0.1, 0.15) is 57.8 Å². The second kappa shape index (κ2) is 7.27. The van der Waals surface area contributed by atoms with Gasteiger partial charge in [0.2, 0.25) is 11.8 Å². The van der Waals surface area contributed by atoms with Crippen molar-refractivity contribution in [1.29, 1.82) is 0 Å². The summed E-state index contributed by atoms with van der Waals surface area (Å²) in [6, 6.07) is 2.78. The molecule has 1 aromatic heterocycles. The number of pyridine rings is 1. The van der Waals surface area contributed by atoms with Crippen molar-refractivity contribution in [2.45, 2.75) is 68.7 Å². The molecule has 0 saturated heterocycles. The molecule has 2 unspecified atom stereocenters. The van der Waals surface area contributed by atoms with E-state index in [1.54, 1.807) is 0 Å². The van der Waals surface area contributed by atoms with Gasteiger partial charge in [0.1, 0.15) is 0 Å². The van der Waals surface area contributed by atoms with Gasteiger partial charge in [0.25, 0.3) is 10.0 Å². The number of rotatable bonds is 4. The number of carbonyl (C=O) groups is 1. The van der Waals surface area contributed by atoms with Crippen molar-refractivity contribution in [3.63, 3.8) is 0 Å². The lowest BCUT2D eigenvalue weighted by Crippen LogP contribution is -2.41. The number of amides is 1. The molecule has 29 heavy (non-hydrogen) atoms. The normalized spacial score (nSPS) is 28.8. The smallest absolute Gasteiger partial charge is 0.255 e. The minimum atomic E-state index is -3.97. The Kier molecular flexibility index (Phi) is 5.17. The molecule has 2 atom stereocenters. The van der Waals surface area contributed by atoms with Gasteiger partial charge >= 0.3 is 0 Å². The average molecular weight is 428 g/mol. The largest absolute Gasteiger partial charge is 0.326 e. The summed E-state index contributed by atoms with van der Waals surface area (Å²) in [5.41, 5.74) is 0.569. The quantitative estimate of drug-likeness (QED) is 0.765. The van der Waals surface area contributed by atoms with Crippen molar-refractivity contribution in [3.8, 4) is 0 Å². The highest BCUT2D eigenvalue weighted by Crippen LogP contribution is 2.60. The molecule has 9 heteroatoms. The van der Waals surface area contributed by atoms with Crippen molar-refractivity contribution >= 4 is 21.6 Å². The summed E-state index contributed by atoms with van der Waals surface area (Å²) >= 11 is 0. The van der Waals surface area contributed by atoms with E-state index >= 15 is 0 Å². The first kappa shape index (κ1) is 20.7. The van der Waals surface area contributed by atoms with Crippen molar-refractivity contribution in [3.05, 3.63) is 18.3 Å². The molecule has 1 aromatic rings. The fourth-order valence-electron chi connectivity index (χ4n) is 5.24. The maximum atomic E-state index is 13.6. The predicted octanol–water partition coefficient (Wildman–Crippen LogP) is 3.69. The molecule has 0 bridgehead atoms. The lowest BCUT2D eigenvalue weighted by Gasteiger charge is -2.42. The van der Waals surface area contributed by atoms with Crippen LogP contribution in [0.3, 0.4) is 0 Å². The van der Waals surface area contributed by atoms with Gasteiger partial charge in [0.05, 0.1) is 0 Å². The van der Waals surface area contributed by atoms with Crippen molar-refractivity contribution < 1.29 is 22.0 Å². The van der Waals surface area contributed by atoms with Gasteiger partial charge in [-0.1, -0.05) is 0 Å². The number of nitrogens with two attached hydrogens (primary N) is 1. The second-order valence-electron chi connectivity index (χ2n) is 9.12. The highest BCUT2D eigenvalue weighted by molar-refractivity contribution is 7.89. The standard InChI is InChI=1S/C20H27F2N3O3S/c21-20(22)6-1-13(2-7-20)15-3-5-19(8-9-19)12-16(15)18(26)25-14-4-10-24-17(11-14)29(23,27)28/h4,10-11,13,15-16H,1-3,5-9,12H2,(H2,23,27,28)(H,24,25,26). The van der Waals surface area contributed by atoms with Crippen LogP contribution in [0.15, 0.2) is 23.4 Å². The first-order valence-electron chi connectivity index (χ1n) is 10.2. The lowest BCUT2D eigenvalue weighted by atomic mass is 9.64. The number of nitrogens with one attached hydrogen (secondary N) is 1. The van der Waals surface area contributed by atoms with Gasteiger partial charge in [-0.15, -0.1) is 0 Å². The molecular formula is C20H27F2N3O3S. The van der Waals surface area contributed by atoms with E-state index in [1.165, 1.54) is 18.3 Å². The van der Waals surface area contributed by atoms with Gasteiger partial charge in [-0.3, -0.25) is 4.79 Å². The molecule has 0 aliphatic heterocycles. The molecule has 1 amide bonds. The zero-order valence-electron chi connectivity index (χ0n) is 16.2. The zero-order chi connectivity index (χ0) is 20.9. The monoisotopic (exact) mass is 427 g/mol. The van der Waals surface area contributed by atoms with E-state index in [-0.39, 0.29) is 46.9 Å². The lowest BCUT2D eigenvalue weighted by molar-refractivity contribution is -0.126. The molecule has 3 aliphatic carbocycles. The van der Waals surface area contributed by atoms with Gasteiger partial charge in [-0.2, -0.15) is 0 Å². The summed E-state index contributed by atoms with van der Waals surface area (Å²) in [5, 5.41) is 7.65. The first-order valence-corrected chi connectivity index (χ1v) is 11.8. The fraction of sp³-hybridized carbons (Fsp3) is 0.700. The van der Waals surface area contributed by atoms with Crippen LogP contribution in [0.5, 0.6) is 0 Å². The number of halogens is 2. The SMILES string of the molecule is NS(=O)(=O)c1cc(NC(=O)C2CC3(CCC2C2CCC(F)(F)CC2)CC3)ccn1. The molecule has 3 saturated carbocycles. The van der Waals surface area contributed by atoms with Gasteiger partial charge in [0, 0.05) is 36.7 Å². The Balaban J connectivity index is 1.51. The number of primary sulfonamides is 1. The Morgan fingerprint density at radius 2 is 1.83 bits per heavy atom. The number of carbonyl (C=O) groups excluding carboxylic acids is 1. The van der Waals surface area contributed by atoms with E-state index in [0.29, 0.717) is 18.5 Å². The van der Waals surface area contributed by atoms with Crippen LogP contribution >= 0.6 is 0 Å². The highest BCUT2D eigenvalue weighted by Gasteiger charge is 2.52. The van der Waals surface area contributed by atoms with E-state index in [1.807, 2.05) is 0 Å². The number of anilines is 1. The highest BCUT2D eigenvalue weighted by atomic mass is 32.2. The molecule has 0 radical (unpaired) electrons. The molecule has 1 heterocycles. The van der Waals surface area contributed by atoms with Crippen LogP contribution in [0, 0.1) is 23.2 Å². The van der Waals surface area contributed by atoms with Crippen LogP contribution < -0.4 is 10.5 Å². The van der Waals surface area contributed by atoms with E-state index in [9.17, 15) is 22.0 Å². The van der Waals surface area contributed by atoms with Gasteiger partial charge in [-0.05, 0) is 68.3 Å². The maximum absolute atomic E-state index is 13.6. The molecule has 1 spiro atoms. The maximum Gasteiger partial charge on any atom is 0.255 e. The average Bonchev–Trinajstić information content (AvgIpc) is 3.40. The van der Waals surface area contributed by atoms with Crippen molar-refractivity contribution in [2.75, 3.05) is 5.32 Å². The Bertz CT molecular complexity index is 892. The van der Waals surface area contributed by atoms with E-state index in [4.69, 9.17) is 5.14 Å². The van der Waals surface area contributed by atoms with Gasteiger partial charge in [-0.25, -0.2) is 27.3 Å². The Morgan fingerprint density at radius 1 is 1.14 bits per heavy atom. The molecule has 6 nitrogen and oxygen atoms in total. The summed E-state index contributed by atoms with van der Waals surface area (Å²) in [6.07, 6.45) is 6.99. The summed E-state index contributed by atoms with van der Waals surface area (Å²) in [6.45, 7) is 0. The number of alkyl halides is 2. The summed E-state index contributed by atoms with van der Waals surface area (Å²) in [4.78, 5) is 16.9.